The van der Waals surface area contributed by atoms with Crippen LogP contribution < -0.4 is 10.6 Å². The van der Waals surface area contributed by atoms with Gasteiger partial charge in [-0.05, 0) is 50.6 Å². The van der Waals surface area contributed by atoms with Gasteiger partial charge in [-0.1, -0.05) is 6.92 Å². The fourth-order valence-corrected chi connectivity index (χ4v) is 2.82. The third kappa shape index (κ3) is 6.22. The van der Waals surface area contributed by atoms with E-state index in [0.29, 0.717) is 24.3 Å². The van der Waals surface area contributed by atoms with Gasteiger partial charge in [-0.25, -0.2) is 0 Å². The maximum atomic E-state index is 12.2. The lowest BCUT2D eigenvalue weighted by Gasteiger charge is -2.29. The smallest absolute Gasteiger partial charge is 0.239 e. The second-order valence-corrected chi connectivity index (χ2v) is 6.36. The summed E-state index contributed by atoms with van der Waals surface area (Å²) in [7, 11) is 1.73. The minimum absolute atomic E-state index is 0. The molecular formula is C15H28ClN3O2. The molecule has 1 saturated heterocycles. The summed E-state index contributed by atoms with van der Waals surface area (Å²) in [5, 5.41) is 6.26. The number of hydrogen-bond acceptors (Lipinski definition) is 3. The molecule has 0 aromatic heterocycles. The Bertz CT molecular complexity index is 355. The van der Waals surface area contributed by atoms with Crippen LogP contribution in [0.3, 0.4) is 0 Å². The molecule has 1 heterocycles. The maximum absolute atomic E-state index is 12.2. The van der Waals surface area contributed by atoms with E-state index in [4.69, 9.17) is 0 Å². The van der Waals surface area contributed by atoms with E-state index < -0.39 is 0 Å². The van der Waals surface area contributed by atoms with Crippen molar-refractivity contribution in [1.82, 2.24) is 15.5 Å². The molecule has 0 radical (unpaired) electrons. The predicted molar refractivity (Wildman–Crippen MR) is 85.4 cm³/mol. The lowest BCUT2D eigenvalue weighted by Crippen LogP contribution is -2.40. The first-order chi connectivity index (χ1) is 9.56. The van der Waals surface area contributed by atoms with Gasteiger partial charge in [0.15, 0.2) is 0 Å². The second-order valence-electron chi connectivity index (χ2n) is 6.36. The molecule has 2 amide bonds. The quantitative estimate of drug-likeness (QED) is 0.773. The van der Waals surface area contributed by atoms with E-state index in [2.05, 4.69) is 17.6 Å². The van der Waals surface area contributed by atoms with E-state index in [1.54, 1.807) is 11.9 Å². The van der Waals surface area contributed by atoms with Crippen molar-refractivity contribution in [2.24, 2.45) is 11.8 Å². The van der Waals surface area contributed by atoms with Crippen LogP contribution in [0, 0.1) is 11.8 Å². The van der Waals surface area contributed by atoms with Crippen molar-refractivity contribution in [3.63, 3.8) is 0 Å². The molecule has 1 aliphatic carbocycles. The van der Waals surface area contributed by atoms with Gasteiger partial charge in [-0.2, -0.15) is 0 Å². The van der Waals surface area contributed by atoms with E-state index in [1.165, 1.54) is 0 Å². The largest absolute Gasteiger partial charge is 0.352 e. The van der Waals surface area contributed by atoms with Gasteiger partial charge in [0.2, 0.25) is 11.8 Å². The molecule has 5 nitrogen and oxygen atoms in total. The molecule has 6 heteroatoms. The highest BCUT2D eigenvalue weighted by Gasteiger charge is 2.26. The van der Waals surface area contributed by atoms with Crippen LogP contribution in [0.2, 0.25) is 0 Å². The van der Waals surface area contributed by atoms with Crippen LogP contribution in [-0.4, -0.2) is 49.4 Å². The van der Waals surface area contributed by atoms with Gasteiger partial charge in [0, 0.05) is 19.5 Å². The van der Waals surface area contributed by atoms with Crippen LogP contribution in [0.5, 0.6) is 0 Å². The van der Waals surface area contributed by atoms with Crippen LogP contribution in [0.4, 0.5) is 0 Å². The maximum Gasteiger partial charge on any atom is 0.239 e. The number of carbonyl (C=O) groups is 2. The number of nitrogens with zero attached hydrogens (tertiary/aromatic N) is 1. The van der Waals surface area contributed by atoms with Crippen molar-refractivity contribution in [3.8, 4) is 0 Å². The molecule has 1 aliphatic heterocycles. The fourth-order valence-electron chi connectivity index (χ4n) is 2.82. The van der Waals surface area contributed by atoms with E-state index in [1.807, 2.05) is 0 Å². The summed E-state index contributed by atoms with van der Waals surface area (Å²) < 4.78 is 0. The van der Waals surface area contributed by atoms with Crippen molar-refractivity contribution < 1.29 is 9.59 Å². The van der Waals surface area contributed by atoms with Crippen LogP contribution in [0.1, 0.15) is 39.0 Å². The molecule has 1 atom stereocenters. The third-order valence-corrected chi connectivity index (χ3v) is 4.43. The Morgan fingerprint density at radius 2 is 1.86 bits per heavy atom. The van der Waals surface area contributed by atoms with E-state index >= 15 is 0 Å². The van der Waals surface area contributed by atoms with Gasteiger partial charge in [0.25, 0.3) is 0 Å². The Balaban J connectivity index is 0.00000220. The first-order valence-electron chi connectivity index (χ1n) is 7.80. The lowest BCUT2D eigenvalue weighted by atomic mass is 9.84. The molecule has 0 spiro atoms. The molecule has 1 saturated carbocycles. The average molecular weight is 318 g/mol. The Morgan fingerprint density at radius 3 is 2.43 bits per heavy atom. The Kier molecular flexibility index (Phi) is 7.46. The van der Waals surface area contributed by atoms with Crippen molar-refractivity contribution in [3.05, 3.63) is 0 Å². The molecule has 0 aromatic carbocycles. The highest BCUT2D eigenvalue weighted by atomic mass is 35.5. The van der Waals surface area contributed by atoms with Gasteiger partial charge in [-0.15, -0.1) is 12.4 Å². The molecule has 2 fully saturated rings. The summed E-state index contributed by atoms with van der Waals surface area (Å²) in [6, 6.07) is 0.361. The van der Waals surface area contributed by atoms with Crippen LogP contribution in [0.15, 0.2) is 0 Å². The number of likely N-dealkylation sites (N-methyl/N-ethyl adjacent to an activating group) is 1. The zero-order chi connectivity index (χ0) is 14.5. The Hall–Kier alpha value is -0.810. The van der Waals surface area contributed by atoms with Gasteiger partial charge in [0.1, 0.15) is 0 Å². The second kappa shape index (κ2) is 8.59. The number of halogens is 1. The molecule has 2 aliphatic rings. The summed E-state index contributed by atoms with van der Waals surface area (Å²) in [4.78, 5) is 25.4. The first-order valence-corrected chi connectivity index (χ1v) is 7.80. The molecule has 2 rings (SSSR count). The predicted octanol–water partition coefficient (Wildman–Crippen LogP) is 1.17. The third-order valence-electron chi connectivity index (χ3n) is 4.43. The van der Waals surface area contributed by atoms with E-state index in [-0.39, 0.29) is 30.8 Å². The molecule has 0 aromatic rings. The summed E-state index contributed by atoms with van der Waals surface area (Å²) in [5.41, 5.74) is 0. The highest BCUT2D eigenvalue weighted by molar-refractivity contribution is 5.85. The number of nitrogens with one attached hydrogen (secondary N) is 2. The van der Waals surface area contributed by atoms with E-state index in [0.717, 1.165) is 38.8 Å². The minimum Gasteiger partial charge on any atom is -0.352 e. The van der Waals surface area contributed by atoms with Crippen molar-refractivity contribution in [1.29, 1.82) is 0 Å². The molecule has 1 unspecified atom stereocenters. The van der Waals surface area contributed by atoms with Gasteiger partial charge in [0.05, 0.1) is 6.54 Å². The fraction of sp³-hybridized carbons (Fsp3) is 0.867. The molecule has 2 N–H and O–H groups in total. The Labute approximate surface area is 133 Å². The number of carbonyl (C=O) groups excluding carboxylic acids is 2. The monoisotopic (exact) mass is 317 g/mol. The van der Waals surface area contributed by atoms with Crippen LogP contribution in [0.25, 0.3) is 0 Å². The van der Waals surface area contributed by atoms with E-state index in [9.17, 15) is 9.59 Å². The average Bonchev–Trinajstić information content (AvgIpc) is 3.23. The summed E-state index contributed by atoms with van der Waals surface area (Å²) in [6.45, 7) is 4.46. The normalized spacial score (nSPS) is 20.3. The van der Waals surface area contributed by atoms with Gasteiger partial charge >= 0.3 is 0 Å². The zero-order valence-corrected chi connectivity index (χ0v) is 13.9. The van der Waals surface area contributed by atoms with Crippen molar-refractivity contribution >= 4 is 24.2 Å². The SMILES string of the molecule is CC(CC(=O)N(C)CC(=O)NC1CC1)C1CCNCC1.Cl. The Morgan fingerprint density at radius 1 is 1.24 bits per heavy atom. The summed E-state index contributed by atoms with van der Waals surface area (Å²) in [5.74, 6) is 1.09. The van der Waals surface area contributed by atoms with Gasteiger partial charge < -0.3 is 15.5 Å². The van der Waals surface area contributed by atoms with Crippen LogP contribution >= 0.6 is 12.4 Å². The zero-order valence-electron chi connectivity index (χ0n) is 13.1. The number of amides is 2. The van der Waals surface area contributed by atoms with Crippen molar-refractivity contribution in [2.75, 3.05) is 26.7 Å². The number of hydrogen-bond donors (Lipinski definition) is 2. The highest BCUT2D eigenvalue weighted by Crippen LogP contribution is 2.24. The molecular weight excluding hydrogens is 290 g/mol. The molecule has 21 heavy (non-hydrogen) atoms. The van der Waals surface area contributed by atoms with Gasteiger partial charge in [-0.3, -0.25) is 9.59 Å². The standard InChI is InChI=1S/C15H27N3O2.ClH/c1-11(12-5-7-16-8-6-12)9-15(20)18(2)10-14(19)17-13-3-4-13;/h11-13,16H,3-10H2,1-2H3,(H,17,19);1H. The number of piperidine rings is 1. The minimum atomic E-state index is -0.0298. The number of rotatable bonds is 6. The molecule has 122 valence electrons. The van der Waals surface area contributed by atoms with Crippen molar-refractivity contribution in [2.45, 2.75) is 45.1 Å². The summed E-state index contributed by atoms with van der Waals surface area (Å²) in [6.07, 6.45) is 5.02. The topological polar surface area (TPSA) is 61.4 Å². The lowest BCUT2D eigenvalue weighted by molar-refractivity contribution is -0.135. The van der Waals surface area contributed by atoms with Crippen LogP contribution in [-0.2, 0) is 9.59 Å². The summed E-state index contributed by atoms with van der Waals surface area (Å²) >= 11 is 0. The first kappa shape index (κ1) is 18.2. The molecule has 0 bridgehead atoms.